The molecule has 0 spiro atoms. The first-order valence-corrected chi connectivity index (χ1v) is 10.6. The highest BCUT2D eigenvalue weighted by molar-refractivity contribution is 5.49. The molecule has 31 heavy (non-hydrogen) atoms. The Bertz CT molecular complexity index is 1030. The number of halogens is 3. The number of nitrogens with zero attached hydrogens (tertiary/aromatic N) is 5. The molecular weight excluding hydrogens is 413 g/mol. The number of anilines is 2. The second kappa shape index (κ2) is 7.25. The molecule has 5 rings (SSSR count). The van der Waals surface area contributed by atoms with Crippen molar-refractivity contribution in [1.29, 1.82) is 0 Å². The molecule has 1 N–H and O–H groups in total. The van der Waals surface area contributed by atoms with Crippen molar-refractivity contribution in [1.82, 2.24) is 19.7 Å². The molecule has 0 unspecified atom stereocenters. The predicted octanol–water partition coefficient (Wildman–Crippen LogP) is 1.94. The van der Waals surface area contributed by atoms with Crippen molar-refractivity contribution in [2.24, 2.45) is 0 Å². The third kappa shape index (κ3) is 3.48. The number of fused-ring (bicyclic) bond motifs is 3. The Morgan fingerprint density at radius 1 is 1.32 bits per heavy atom. The molecular formula is C20H25F3N6O2. The zero-order valence-electron chi connectivity index (χ0n) is 17.4. The number of alkyl halides is 3. The average Bonchev–Trinajstić information content (AvgIpc) is 3.42. The zero-order valence-corrected chi connectivity index (χ0v) is 17.4. The fraction of sp³-hybridized carbons (Fsp3) is 0.650. The normalized spacial score (nSPS) is 25.4. The molecule has 0 radical (unpaired) electrons. The second-order valence-electron chi connectivity index (χ2n) is 8.60. The first-order chi connectivity index (χ1) is 14.7. The summed E-state index contributed by atoms with van der Waals surface area (Å²) in [6.45, 7) is 4.94. The minimum Gasteiger partial charge on any atom is -0.374 e. The molecule has 3 aliphatic heterocycles. The van der Waals surface area contributed by atoms with Gasteiger partial charge in [0.1, 0.15) is 11.9 Å². The molecule has 3 atom stereocenters. The van der Waals surface area contributed by atoms with Gasteiger partial charge in [-0.25, -0.2) is 0 Å². The Hall–Kier alpha value is -2.56. The van der Waals surface area contributed by atoms with E-state index in [4.69, 9.17) is 4.74 Å². The molecule has 3 aliphatic rings. The van der Waals surface area contributed by atoms with Crippen molar-refractivity contribution in [3.05, 3.63) is 33.4 Å². The minimum atomic E-state index is -4.42. The number of nitrogens with one attached hydrogen (secondary N) is 1. The molecule has 0 aromatic carbocycles. The molecule has 8 nitrogen and oxygen atoms in total. The lowest BCUT2D eigenvalue weighted by Gasteiger charge is -2.39. The van der Waals surface area contributed by atoms with Gasteiger partial charge in [-0.3, -0.25) is 14.5 Å². The molecule has 2 aromatic heterocycles. The van der Waals surface area contributed by atoms with Crippen LogP contribution in [0.5, 0.6) is 0 Å². The van der Waals surface area contributed by atoms with E-state index in [0.717, 1.165) is 23.4 Å². The molecule has 11 heteroatoms. The highest BCUT2D eigenvalue weighted by atomic mass is 19.4. The number of aryl methyl sites for hydroxylation is 2. The Morgan fingerprint density at radius 3 is 2.74 bits per heavy atom. The van der Waals surface area contributed by atoms with Crippen LogP contribution < -0.4 is 15.4 Å². The molecule has 2 fully saturated rings. The van der Waals surface area contributed by atoms with Crippen molar-refractivity contribution >= 4 is 11.8 Å². The number of H-pyrrole nitrogens is 1. The Balaban J connectivity index is 1.52. The maximum atomic E-state index is 13.9. The molecule has 0 aliphatic carbocycles. The first-order valence-electron chi connectivity index (χ1n) is 10.6. The number of hydrogen-bond donors (Lipinski definition) is 1. The summed E-state index contributed by atoms with van der Waals surface area (Å²) in [7, 11) is 0. The SMILES string of the molecule is Cc1n[nH]c(C)c1CCN1c2nc(N3C[C@@H]4C[C@H]3CO4)cc(=O)n2CC[C@H]1C(F)(F)F. The fourth-order valence-electron chi connectivity index (χ4n) is 5.06. The molecule has 168 valence electrons. The van der Waals surface area contributed by atoms with E-state index < -0.39 is 12.2 Å². The molecule has 0 amide bonds. The van der Waals surface area contributed by atoms with Crippen molar-refractivity contribution in [2.45, 2.75) is 64.0 Å². The van der Waals surface area contributed by atoms with Gasteiger partial charge in [0.15, 0.2) is 0 Å². The van der Waals surface area contributed by atoms with Crippen LogP contribution in [-0.2, 0) is 17.7 Å². The van der Waals surface area contributed by atoms with Crippen LogP contribution in [0.3, 0.4) is 0 Å². The van der Waals surface area contributed by atoms with Crippen LogP contribution in [0.4, 0.5) is 24.9 Å². The summed E-state index contributed by atoms with van der Waals surface area (Å²) in [5.41, 5.74) is 2.19. The number of hydrogen-bond acceptors (Lipinski definition) is 6. The lowest BCUT2D eigenvalue weighted by atomic mass is 10.1. The van der Waals surface area contributed by atoms with Gasteiger partial charge in [-0.1, -0.05) is 0 Å². The number of ether oxygens (including phenoxy) is 1. The van der Waals surface area contributed by atoms with Gasteiger partial charge in [-0.2, -0.15) is 23.3 Å². The van der Waals surface area contributed by atoms with E-state index in [-0.39, 0.29) is 43.2 Å². The van der Waals surface area contributed by atoms with Gasteiger partial charge in [-0.05, 0) is 38.7 Å². The molecule has 2 bridgehead atoms. The standard InChI is InChI=1S/C20H25F3N6O2/c1-11-15(12(2)26-25-11)3-5-27-16(20(21,22)23)4-6-28-18(30)8-17(24-19(27)28)29-9-14-7-13(29)10-31-14/h8,13-14,16H,3-7,9-10H2,1-2H3,(H,25,26)/t13-,14-,16-/m0/s1. The van der Waals surface area contributed by atoms with E-state index in [0.29, 0.717) is 25.4 Å². The monoisotopic (exact) mass is 438 g/mol. The van der Waals surface area contributed by atoms with Gasteiger partial charge in [0.2, 0.25) is 5.95 Å². The summed E-state index contributed by atoms with van der Waals surface area (Å²) in [6.07, 6.45) is -3.27. The van der Waals surface area contributed by atoms with Crippen LogP contribution >= 0.6 is 0 Å². The van der Waals surface area contributed by atoms with E-state index in [9.17, 15) is 18.0 Å². The molecule has 5 heterocycles. The van der Waals surface area contributed by atoms with E-state index in [1.54, 1.807) is 0 Å². The Labute approximate surface area is 177 Å². The van der Waals surface area contributed by atoms with E-state index in [1.165, 1.54) is 15.5 Å². The van der Waals surface area contributed by atoms with Crippen LogP contribution in [0, 0.1) is 13.8 Å². The summed E-state index contributed by atoms with van der Waals surface area (Å²) >= 11 is 0. The van der Waals surface area contributed by atoms with E-state index >= 15 is 0 Å². The van der Waals surface area contributed by atoms with Crippen molar-refractivity contribution in [2.75, 3.05) is 29.5 Å². The van der Waals surface area contributed by atoms with Crippen LogP contribution in [0.15, 0.2) is 10.9 Å². The predicted molar refractivity (Wildman–Crippen MR) is 108 cm³/mol. The number of aromatic nitrogens is 4. The van der Waals surface area contributed by atoms with Gasteiger partial charge in [0.05, 0.1) is 24.4 Å². The third-order valence-corrected chi connectivity index (χ3v) is 6.69. The van der Waals surface area contributed by atoms with E-state index in [1.807, 2.05) is 18.7 Å². The highest BCUT2D eigenvalue weighted by Gasteiger charge is 2.47. The smallest absolute Gasteiger partial charge is 0.374 e. The molecule has 0 saturated carbocycles. The summed E-state index contributed by atoms with van der Waals surface area (Å²) in [6, 6.07) is -0.118. The van der Waals surface area contributed by atoms with E-state index in [2.05, 4.69) is 15.2 Å². The van der Waals surface area contributed by atoms with Gasteiger partial charge in [0, 0.05) is 31.4 Å². The van der Waals surface area contributed by atoms with Crippen molar-refractivity contribution in [3.8, 4) is 0 Å². The largest absolute Gasteiger partial charge is 0.408 e. The highest BCUT2D eigenvalue weighted by Crippen LogP contribution is 2.36. The number of rotatable bonds is 4. The summed E-state index contributed by atoms with van der Waals surface area (Å²) < 4.78 is 48.8. The van der Waals surface area contributed by atoms with Crippen LogP contribution in [-0.4, -0.2) is 63.8 Å². The number of morpholine rings is 1. The quantitative estimate of drug-likeness (QED) is 0.786. The lowest BCUT2D eigenvalue weighted by molar-refractivity contribution is -0.152. The second-order valence-corrected chi connectivity index (χ2v) is 8.60. The van der Waals surface area contributed by atoms with Gasteiger partial charge in [-0.15, -0.1) is 0 Å². The molecule has 2 saturated heterocycles. The summed E-state index contributed by atoms with van der Waals surface area (Å²) in [5, 5.41) is 7.02. The van der Waals surface area contributed by atoms with Crippen LogP contribution in [0.1, 0.15) is 29.8 Å². The maximum Gasteiger partial charge on any atom is 0.408 e. The topological polar surface area (TPSA) is 79.3 Å². The van der Waals surface area contributed by atoms with Crippen molar-refractivity contribution in [3.63, 3.8) is 0 Å². The molecule has 2 aromatic rings. The average molecular weight is 438 g/mol. The lowest BCUT2D eigenvalue weighted by Crippen LogP contribution is -2.53. The van der Waals surface area contributed by atoms with Crippen LogP contribution in [0.25, 0.3) is 0 Å². The Kier molecular flexibility index (Phi) is 4.76. The van der Waals surface area contributed by atoms with Gasteiger partial charge in [0.25, 0.3) is 5.56 Å². The first kappa shape index (κ1) is 20.3. The zero-order chi connectivity index (χ0) is 21.9. The minimum absolute atomic E-state index is 0.00105. The van der Waals surface area contributed by atoms with Crippen molar-refractivity contribution < 1.29 is 17.9 Å². The van der Waals surface area contributed by atoms with Gasteiger partial charge >= 0.3 is 6.18 Å². The summed E-state index contributed by atoms with van der Waals surface area (Å²) in [5.74, 6) is 0.536. The third-order valence-electron chi connectivity index (χ3n) is 6.69. The Morgan fingerprint density at radius 2 is 2.13 bits per heavy atom. The van der Waals surface area contributed by atoms with Crippen LogP contribution in [0.2, 0.25) is 0 Å². The number of aromatic amines is 1. The summed E-state index contributed by atoms with van der Waals surface area (Å²) in [4.78, 5) is 20.7. The fourth-order valence-corrected chi connectivity index (χ4v) is 5.06. The maximum absolute atomic E-state index is 13.9. The van der Waals surface area contributed by atoms with Gasteiger partial charge < -0.3 is 14.5 Å².